The third kappa shape index (κ3) is 4.06. The summed E-state index contributed by atoms with van der Waals surface area (Å²) in [5.74, 6) is 0. The van der Waals surface area contributed by atoms with Crippen LogP contribution in [0, 0.1) is 0 Å². The van der Waals surface area contributed by atoms with Gasteiger partial charge in [-0.15, -0.1) is 0 Å². The monoisotopic (exact) mass is 479 g/mol. The maximum absolute atomic E-state index is 12.9. The molecule has 0 spiro atoms. The standard InChI is InChI=1S/C18H17N5O5S3/c1-22-11-13(10-19-22)31(27,28)21-16-6-4-3-5-15(16)20-30(25,26)12-7-8-17-14(9-12)18(24)29-23(17)2/h3-11,20-21H,1-2H3. The van der Waals surface area contributed by atoms with Crippen molar-refractivity contribution in [1.29, 1.82) is 0 Å². The van der Waals surface area contributed by atoms with E-state index in [1.165, 1.54) is 41.3 Å². The topological polar surface area (TPSA) is 132 Å². The Kier molecular flexibility index (Phi) is 5.11. The third-order valence-corrected chi connectivity index (χ3v) is 8.00. The van der Waals surface area contributed by atoms with Crippen molar-refractivity contribution in [3.8, 4) is 0 Å². The van der Waals surface area contributed by atoms with Crippen molar-refractivity contribution in [1.82, 2.24) is 13.7 Å². The first-order chi connectivity index (χ1) is 14.6. The summed E-state index contributed by atoms with van der Waals surface area (Å²) in [6, 6.07) is 10.2. The van der Waals surface area contributed by atoms with Crippen molar-refractivity contribution < 1.29 is 16.8 Å². The van der Waals surface area contributed by atoms with E-state index >= 15 is 0 Å². The molecule has 4 rings (SSSR count). The van der Waals surface area contributed by atoms with E-state index in [0.29, 0.717) is 10.9 Å². The minimum Gasteiger partial charge on any atom is -0.297 e. The van der Waals surface area contributed by atoms with E-state index in [1.54, 1.807) is 36.3 Å². The van der Waals surface area contributed by atoms with Gasteiger partial charge in [0, 0.05) is 20.3 Å². The van der Waals surface area contributed by atoms with E-state index in [-0.39, 0.29) is 25.9 Å². The minimum atomic E-state index is -4.10. The van der Waals surface area contributed by atoms with Crippen LogP contribution in [-0.4, -0.2) is 30.6 Å². The lowest BCUT2D eigenvalue weighted by atomic mass is 10.2. The molecule has 0 radical (unpaired) electrons. The molecule has 0 saturated heterocycles. The van der Waals surface area contributed by atoms with Gasteiger partial charge in [-0.05, 0) is 41.9 Å². The van der Waals surface area contributed by atoms with E-state index in [1.807, 2.05) is 0 Å². The largest absolute Gasteiger partial charge is 0.297 e. The molecule has 162 valence electrons. The first-order valence-electron chi connectivity index (χ1n) is 8.80. The molecule has 2 aromatic carbocycles. The molecule has 0 unspecified atom stereocenters. The van der Waals surface area contributed by atoms with Crippen LogP contribution in [0.1, 0.15) is 0 Å². The van der Waals surface area contributed by atoms with Gasteiger partial charge >= 0.3 is 0 Å². The van der Waals surface area contributed by atoms with Crippen LogP contribution in [0.25, 0.3) is 10.9 Å². The average Bonchev–Trinajstić information content (AvgIpc) is 3.27. The Morgan fingerprint density at radius 1 is 0.903 bits per heavy atom. The zero-order valence-electron chi connectivity index (χ0n) is 16.3. The molecule has 2 aromatic heterocycles. The van der Waals surface area contributed by atoms with Crippen LogP contribution < -0.4 is 14.2 Å². The van der Waals surface area contributed by atoms with Gasteiger partial charge < -0.3 is 0 Å². The summed E-state index contributed by atoms with van der Waals surface area (Å²) in [5.41, 5.74) is 0.703. The number of rotatable bonds is 6. The number of hydrogen-bond donors (Lipinski definition) is 2. The molecule has 0 aliphatic rings. The summed E-state index contributed by atoms with van der Waals surface area (Å²) in [6.45, 7) is 0. The van der Waals surface area contributed by atoms with Crippen molar-refractivity contribution in [3.63, 3.8) is 0 Å². The molecule has 2 heterocycles. The fourth-order valence-electron chi connectivity index (χ4n) is 2.95. The highest BCUT2D eigenvalue weighted by Crippen LogP contribution is 2.27. The highest BCUT2D eigenvalue weighted by Gasteiger charge is 2.21. The fraction of sp³-hybridized carbons (Fsp3) is 0.111. The summed E-state index contributed by atoms with van der Waals surface area (Å²) in [7, 11) is -4.78. The highest BCUT2D eigenvalue weighted by molar-refractivity contribution is 7.93. The second-order valence-corrected chi connectivity index (χ2v) is 11.1. The number of anilines is 2. The van der Waals surface area contributed by atoms with Crippen molar-refractivity contribution in [2.75, 3.05) is 9.44 Å². The van der Waals surface area contributed by atoms with Crippen LogP contribution in [0.2, 0.25) is 0 Å². The molecule has 0 atom stereocenters. The number of aromatic nitrogens is 3. The molecule has 2 N–H and O–H groups in total. The number of nitrogens with one attached hydrogen (secondary N) is 2. The molecular formula is C18H17N5O5S3. The zero-order chi connectivity index (χ0) is 22.4. The van der Waals surface area contributed by atoms with E-state index in [2.05, 4.69) is 14.5 Å². The van der Waals surface area contributed by atoms with Crippen molar-refractivity contribution in [3.05, 3.63) is 64.4 Å². The maximum Gasteiger partial charge on any atom is 0.265 e. The average molecular weight is 480 g/mol. The van der Waals surface area contributed by atoms with E-state index in [0.717, 1.165) is 11.5 Å². The van der Waals surface area contributed by atoms with Gasteiger partial charge in [-0.25, -0.2) is 16.8 Å². The molecular weight excluding hydrogens is 462 g/mol. The van der Waals surface area contributed by atoms with Gasteiger partial charge in [-0.1, -0.05) is 12.1 Å². The van der Waals surface area contributed by atoms with Gasteiger partial charge in [0.25, 0.3) is 24.8 Å². The second-order valence-electron chi connectivity index (χ2n) is 6.66. The van der Waals surface area contributed by atoms with Crippen LogP contribution in [0.3, 0.4) is 0 Å². The van der Waals surface area contributed by atoms with Crippen molar-refractivity contribution in [2.45, 2.75) is 9.79 Å². The predicted octanol–water partition coefficient (Wildman–Crippen LogP) is 1.94. The number of sulfonamides is 2. The van der Waals surface area contributed by atoms with Gasteiger partial charge in [-0.3, -0.25) is 22.9 Å². The molecule has 0 saturated carbocycles. The molecule has 0 bridgehead atoms. The number of hydrogen-bond acceptors (Lipinski definition) is 7. The Morgan fingerprint density at radius 2 is 1.52 bits per heavy atom. The maximum atomic E-state index is 12.9. The molecule has 4 aromatic rings. The molecule has 13 heteroatoms. The quantitative estimate of drug-likeness (QED) is 0.434. The Balaban J connectivity index is 1.68. The summed E-state index contributed by atoms with van der Waals surface area (Å²) < 4.78 is 58.6. The third-order valence-electron chi connectivity index (χ3n) is 4.46. The number of benzene rings is 2. The normalized spacial score (nSPS) is 12.2. The smallest absolute Gasteiger partial charge is 0.265 e. The molecule has 31 heavy (non-hydrogen) atoms. The van der Waals surface area contributed by atoms with Crippen LogP contribution in [0.4, 0.5) is 11.4 Å². The first kappa shape index (κ1) is 21.1. The number of nitrogens with zero attached hydrogens (tertiary/aromatic N) is 3. The molecule has 0 amide bonds. The summed E-state index contributed by atoms with van der Waals surface area (Å²) >= 11 is 0.977. The molecule has 0 aliphatic heterocycles. The SMILES string of the molecule is Cn1cc(S(=O)(=O)Nc2ccccc2NS(=O)(=O)c2ccc3c(c2)c(=O)sn3C)cn1. The summed E-state index contributed by atoms with van der Waals surface area (Å²) in [4.78, 5) is 11.9. The second kappa shape index (κ2) is 7.51. The molecule has 0 aliphatic carbocycles. The first-order valence-corrected chi connectivity index (χ1v) is 12.5. The lowest BCUT2D eigenvalue weighted by Crippen LogP contribution is -2.17. The Labute approximate surface area is 182 Å². The van der Waals surface area contributed by atoms with Crippen LogP contribution >= 0.6 is 11.5 Å². The summed E-state index contributed by atoms with van der Waals surface area (Å²) in [5, 5.41) is 4.13. The lowest BCUT2D eigenvalue weighted by Gasteiger charge is -2.14. The predicted molar refractivity (Wildman–Crippen MR) is 118 cm³/mol. The van der Waals surface area contributed by atoms with Crippen LogP contribution in [0.15, 0.2) is 69.4 Å². The van der Waals surface area contributed by atoms with Crippen LogP contribution in [0.5, 0.6) is 0 Å². The Hall–Kier alpha value is -3.16. The minimum absolute atomic E-state index is 0.0354. The fourth-order valence-corrected chi connectivity index (χ4v) is 5.89. The van der Waals surface area contributed by atoms with Gasteiger partial charge in [0.15, 0.2) is 0 Å². The highest BCUT2D eigenvalue weighted by atomic mass is 32.2. The zero-order valence-corrected chi connectivity index (χ0v) is 18.8. The van der Waals surface area contributed by atoms with E-state index in [9.17, 15) is 21.6 Å². The number of para-hydroxylation sites is 2. The Morgan fingerprint density at radius 3 is 2.10 bits per heavy atom. The van der Waals surface area contributed by atoms with Gasteiger partial charge in [0.1, 0.15) is 4.90 Å². The van der Waals surface area contributed by atoms with Gasteiger partial charge in [-0.2, -0.15) is 5.10 Å². The Bertz CT molecular complexity index is 1570. The van der Waals surface area contributed by atoms with E-state index < -0.39 is 20.0 Å². The lowest BCUT2D eigenvalue weighted by molar-refractivity contribution is 0.599. The summed E-state index contributed by atoms with van der Waals surface area (Å²) in [6.07, 6.45) is 2.51. The number of fused-ring (bicyclic) bond motifs is 1. The van der Waals surface area contributed by atoms with Crippen molar-refractivity contribution in [2.24, 2.45) is 14.1 Å². The van der Waals surface area contributed by atoms with Crippen LogP contribution in [-0.2, 0) is 34.1 Å². The van der Waals surface area contributed by atoms with Gasteiger partial charge in [0.2, 0.25) is 0 Å². The number of aryl methyl sites for hydroxylation is 2. The molecule has 0 fully saturated rings. The van der Waals surface area contributed by atoms with Crippen molar-refractivity contribution >= 4 is 53.9 Å². The molecule has 10 nitrogen and oxygen atoms in total. The van der Waals surface area contributed by atoms with E-state index in [4.69, 9.17) is 0 Å². The van der Waals surface area contributed by atoms with Gasteiger partial charge in [0.05, 0.1) is 33.4 Å².